The third kappa shape index (κ3) is 3.90. The van der Waals surface area contributed by atoms with Gasteiger partial charge >= 0.3 is 0 Å². The summed E-state index contributed by atoms with van der Waals surface area (Å²) in [4.78, 5) is 25.6. The highest BCUT2D eigenvalue weighted by Gasteiger charge is 2.34. The summed E-state index contributed by atoms with van der Waals surface area (Å²) in [6.45, 7) is 12.8. The molecule has 2 nitrogen and oxygen atoms in total. The molecule has 0 spiro atoms. The monoisotopic (exact) mass is 330 g/mol. The molecule has 0 saturated heterocycles. The normalized spacial score (nSPS) is 35.5. The number of ketones is 2. The van der Waals surface area contributed by atoms with Crippen LogP contribution in [0.25, 0.3) is 0 Å². The summed E-state index contributed by atoms with van der Waals surface area (Å²) in [6.07, 6.45) is 8.10. The van der Waals surface area contributed by atoms with Crippen LogP contribution in [0.2, 0.25) is 0 Å². The fraction of sp³-hybridized carbons (Fsp3) is 0.727. The fourth-order valence-electron chi connectivity index (χ4n) is 4.29. The first-order chi connectivity index (χ1) is 11.2. The zero-order chi connectivity index (χ0) is 18.0. The van der Waals surface area contributed by atoms with E-state index in [1.807, 2.05) is 12.2 Å². The van der Waals surface area contributed by atoms with Gasteiger partial charge in [0.1, 0.15) is 0 Å². The molecule has 0 bridgehead atoms. The molecular formula is C22H34O2. The number of hydrogen-bond acceptors (Lipinski definition) is 2. The second-order valence-corrected chi connectivity index (χ2v) is 8.63. The molecule has 24 heavy (non-hydrogen) atoms. The highest BCUT2D eigenvalue weighted by molar-refractivity contribution is 6.01. The highest BCUT2D eigenvalue weighted by Crippen LogP contribution is 2.36. The van der Waals surface area contributed by atoms with Crippen molar-refractivity contribution in [3.8, 4) is 0 Å². The maximum absolute atomic E-state index is 12.8. The summed E-state index contributed by atoms with van der Waals surface area (Å²) in [5.41, 5.74) is 1.86. The van der Waals surface area contributed by atoms with Gasteiger partial charge in [0.25, 0.3) is 0 Å². The molecule has 0 amide bonds. The van der Waals surface area contributed by atoms with E-state index in [4.69, 9.17) is 0 Å². The molecule has 4 atom stereocenters. The molecule has 2 fully saturated rings. The van der Waals surface area contributed by atoms with Crippen molar-refractivity contribution in [3.05, 3.63) is 23.3 Å². The Morgan fingerprint density at radius 2 is 1.04 bits per heavy atom. The number of Topliss-reactive ketones (excluding diaryl/α,β-unsaturated/α-hetero) is 2. The first kappa shape index (κ1) is 19.1. The van der Waals surface area contributed by atoms with E-state index in [0.29, 0.717) is 35.2 Å². The standard InChI is InChI=1S/C22H34O2/c1-13(2)17-9-7-15(5)19(21(17)23)11-12-20-16(6)8-10-18(14(3)4)22(20)24/h11-18H,7-10H2,1-6H3/b19-11-,20-12-/t15-,16-,17-,18-/m1/s1. The molecule has 0 heterocycles. The first-order valence-electron chi connectivity index (χ1n) is 9.74. The van der Waals surface area contributed by atoms with Crippen molar-refractivity contribution < 1.29 is 9.59 Å². The van der Waals surface area contributed by atoms with Gasteiger partial charge in [0.2, 0.25) is 0 Å². The van der Waals surface area contributed by atoms with Crippen molar-refractivity contribution >= 4 is 11.6 Å². The van der Waals surface area contributed by atoms with Gasteiger partial charge < -0.3 is 0 Å². The van der Waals surface area contributed by atoms with E-state index in [-0.39, 0.29) is 11.8 Å². The molecule has 0 aromatic rings. The Hall–Kier alpha value is -1.18. The average Bonchev–Trinajstić information content (AvgIpc) is 2.48. The van der Waals surface area contributed by atoms with Gasteiger partial charge in [-0.15, -0.1) is 0 Å². The Bertz CT molecular complexity index is 500. The summed E-state index contributed by atoms with van der Waals surface area (Å²) in [5, 5.41) is 0. The SMILES string of the molecule is CC(C)[C@H]1CC[C@@H](C)/C(=C/C=C2\C(=O)[C@@H](C(C)C)CC[C@H]2C)C1=O. The van der Waals surface area contributed by atoms with Gasteiger partial charge in [-0.1, -0.05) is 53.7 Å². The first-order valence-corrected chi connectivity index (χ1v) is 9.74. The van der Waals surface area contributed by atoms with Gasteiger partial charge in [-0.05, 0) is 60.5 Å². The topological polar surface area (TPSA) is 34.1 Å². The number of carbonyl (C=O) groups is 2. The maximum Gasteiger partial charge on any atom is 0.162 e. The van der Waals surface area contributed by atoms with E-state index in [2.05, 4.69) is 41.5 Å². The van der Waals surface area contributed by atoms with Crippen molar-refractivity contribution in [3.63, 3.8) is 0 Å². The molecule has 0 unspecified atom stereocenters. The molecule has 0 radical (unpaired) electrons. The lowest BCUT2D eigenvalue weighted by Gasteiger charge is -2.31. The molecule has 2 aliphatic carbocycles. The van der Waals surface area contributed by atoms with E-state index >= 15 is 0 Å². The molecule has 0 aliphatic heterocycles. The molecule has 2 saturated carbocycles. The van der Waals surface area contributed by atoms with Gasteiger partial charge in [-0.2, -0.15) is 0 Å². The summed E-state index contributed by atoms with van der Waals surface area (Å²) >= 11 is 0. The predicted molar refractivity (Wildman–Crippen MR) is 99.6 cm³/mol. The molecule has 0 aromatic carbocycles. The molecular weight excluding hydrogens is 296 g/mol. The summed E-state index contributed by atoms with van der Waals surface area (Å²) < 4.78 is 0. The van der Waals surface area contributed by atoms with Gasteiger partial charge in [0, 0.05) is 11.8 Å². The average molecular weight is 331 g/mol. The van der Waals surface area contributed by atoms with Crippen LogP contribution in [0.5, 0.6) is 0 Å². The van der Waals surface area contributed by atoms with Crippen LogP contribution >= 0.6 is 0 Å². The lowest BCUT2D eigenvalue weighted by atomic mass is 9.72. The number of carbonyl (C=O) groups excluding carboxylic acids is 2. The predicted octanol–water partition coefficient (Wildman–Crippen LogP) is 5.38. The van der Waals surface area contributed by atoms with Crippen LogP contribution in [-0.4, -0.2) is 11.6 Å². The minimum atomic E-state index is 0.147. The number of allylic oxidation sites excluding steroid dienone is 4. The van der Waals surface area contributed by atoms with Crippen molar-refractivity contribution in [2.75, 3.05) is 0 Å². The maximum atomic E-state index is 12.8. The Balaban J connectivity index is 2.29. The van der Waals surface area contributed by atoms with Crippen molar-refractivity contribution in [1.82, 2.24) is 0 Å². The van der Waals surface area contributed by atoms with Crippen LogP contribution in [0.15, 0.2) is 23.3 Å². The minimum Gasteiger partial charge on any atom is -0.294 e. The zero-order valence-electron chi connectivity index (χ0n) is 16.3. The van der Waals surface area contributed by atoms with Gasteiger partial charge in [-0.3, -0.25) is 9.59 Å². The van der Waals surface area contributed by atoms with Gasteiger partial charge in [-0.25, -0.2) is 0 Å². The Kier molecular flexibility index (Phi) is 6.22. The minimum absolute atomic E-state index is 0.147. The molecule has 0 aromatic heterocycles. The lowest BCUT2D eigenvalue weighted by molar-refractivity contribution is -0.123. The van der Waals surface area contributed by atoms with Crippen LogP contribution in [-0.2, 0) is 9.59 Å². The molecule has 2 rings (SSSR count). The van der Waals surface area contributed by atoms with Crippen molar-refractivity contribution in [1.29, 1.82) is 0 Å². The van der Waals surface area contributed by atoms with Crippen LogP contribution < -0.4 is 0 Å². The third-order valence-electron chi connectivity index (χ3n) is 6.18. The Morgan fingerprint density at radius 1 is 0.708 bits per heavy atom. The van der Waals surface area contributed by atoms with Gasteiger partial charge in [0.05, 0.1) is 0 Å². The summed E-state index contributed by atoms with van der Waals surface area (Å²) in [7, 11) is 0. The Labute approximate surface area is 147 Å². The van der Waals surface area contributed by atoms with E-state index < -0.39 is 0 Å². The summed E-state index contributed by atoms with van der Waals surface area (Å²) in [5.74, 6) is 2.29. The van der Waals surface area contributed by atoms with Crippen LogP contribution in [0.4, 0.5) is 0 Å². The number of rotatable bonds is 3. The van der Waals surface area contributed by atoms with E-state index in [9.17, 15) is 9.59 Å². The largest absolute Gasteiger partial charge is 0.294 e. The molecule has 134 valence electrons. The van der Waals surface area contributed by atoms with Crippen LogP contribution in [0.1, 0.15) is 67.2 Å². The third-order valence-corrected chi connectivity index (χ3v) is 6.18. The Morgan fingerprint density at radius 3 is 1.33 bits per heavy atom. The number of hydrogen-bond donors (Lipinski definition) is 0. The van der Waals surface area contributed by atoms with Crippen molar-refractivity contribution in [2.45, 2.75) is 67.2 Å². The summed E-state index contributed by atoms with van der Waals surface area (Å²) in [6, 6.07) is 0. The highest BCUT2D eigenvalue weighted by atomic mass is 16.1. The smallest absolute Gasteiger partial charge is 0.162 e. The molecule has 2 heteroatoms. The second-order valence-electron chi connectivity index (χ2n) is 8.63. The van der Waals surface area contributed by atoms with E-state index in [0.717, 1.165) is 36.8 Å². The molecule has 2 aliphatic rings. The second kappa shape index (κ2) is 7.80. The van der Waals surface area contributed by atoms with Crippen LogP contribution in [0, 0.1) is 35.5 Å². The van der Waals surface area contributed by atoms with E-state index in [1.165, 1.54) is 0 Å². The fourth-order valence-corrected chi connectivity index (χ4v) is 4.29. The molecule has 0 N–H and O–H groups in total. The van der Waals surface area contributed by atoms with Gasteiger partial charge in [0.15, 0.2) is 11.6 Å². The quantitative estimate of drug-likeness (QED) is 0.651. The lowest BCUT2D eigenvalue weighted by Crippen LogP contribution is -2.31. The zero-order valence-corrected chi connectivity index (χ0v) is 16.3. The van der Waals surface area contributed by atoms with Crippen molar-refractivity contribution in [2.24, 2.45) is 35.5 Å². The van der Waals surface area contributed by atoms with E-state index in [1.54, 1.807) is 0 Å². The van der Waals surface area contributed by atoms with Crippen LogP contribution in [0.3, 0.4) is 0 Å².